The molecule has 3 rings (SSSR count). The number of benzene rings is 1. The number of rotatable bonds is 6. The molecule has 2 amide bonds. The molecule has 1 aliphatic heterocycles. The lowest BCUT2D eigenvalue weighted by atomic mass is 10.1. The summed E-state index contributed by atoms with van der Waals surface area (Å²) in [6, 6.07) is 11.3. The zero-order chi connectivity index (χ0) is 20.1. The minimum atomic E-state index is -3.46. The van der Waals surface area contributed by atoms with E-state index in [2.05, 4.69) is 5.32 Å². The Kier molecular flexibility index (Phi) is 6.74. The van der Waals surface area contributed by atoms with Gasteiger partial charge in [-0.25, -0.2) is 13.2 Å². The largest absolute Gasteiger partial charge is 0.337 e. The van der Waals surface area contributed by atoms with Crippen LogP contribution in [0.2, 0.25) is 0 Å². The third kappa shape index (κ3) is 4.92. The summed E-state index contributed by atoms with van der Waals surface area (Å²) >= 11 is 1.26. The summed E-state index contributed by atoms with van der Waals surface area (Å²) in [4.78, 5) is 16.0. The van der Waals surface area contributed by atoms with E-state index in [1.54, 1.807) is 11.0 Å². The van der Waals surface area contributed by atoms with Crippen molar-refractivity contribution in [1.29, 1.82) is 0 Å². The van der Waals surface area contributed by atoms with Crippen molar-refractivity contribution in [3.05, 3.63) is 41.8 Å². The number of hydrogen-bond acceptors (Lipinski definition) is 5. The molecule has 0 spiro atoms. The number of likely N-dealkylation sites (tertiary alicyclic amines) is 1. The van der Waals surface area contributed by atoms with Crippen LogP contribution in [0, 0.1) is 0 Å². The molecule has 1 atom stereocenters. The predicted octanol–water partition coefficient (Wildman–Crippen LogP) is 2.92. The molecule has 1 unspecified atom stereocenters. The van der Waals surface area contributed by atoms with E-state index in [0.29, 0.717) is 30.1 Å². The van der Waals surface area contributed by atoms with E-state index in [4.69, 9.17) is 0 Å². The molecule has 1 saturated heterocycles. The third-order valence-electron chi connectivity index (χ3n) is 4.90. The number of urea groups is 1. The number of nitrogens with one attached hydrogen (secondary N) is 1. The van der Waals surface area contributed by atoms with Gasteiger partial charge in [-0.05, 0) is 49.5 Å². The van der Waals surface area contributed by atoms with E-state index >= 15 is 0 Å². The second-order valence-corrected chi connectivity index (χ2v) is 10.7. The zero-order valence-electron chi connectivity index (χ0n) is 16.3. The van der Waals surface area contributed by atoms with E-state index in [1.165, 1.54) is 11.3 Å². The lowest BCUT2D eigenvalue weighted by Gasteiger charge is -2.32. The van der Waals surface area contributed by atoms with Gasteiger partial charge in [-0.15, -0.1) is 11.3 Å². The highest BCUT2D eigenvalue weighted by molar-refractivity contribution is 7.94. The Labute approximate surface area is 171 Å². The fraction of sp³-hybridized carbons (Fsp3) is 0.450. The molecule has 1 N–H and O–H groups in total. The van der Waals surface area contributed by atoms with Crippen LogP contribution in [0.4, 0.5) is 4.79 Å². The van der Waals surface area contributed by atoms with Crippen LogP contribution in [0.1, 0.15) is 12.8 Å². The molecule has 0 aliphatic carbocycles. The number of hydrogen-bond donors (Lipinski definition) is 1. The first-order valence-corrected chi connectivity index (χ1v) is 11.9. The van der Waals surface area contributed by atoms with Gasteiger partial charge in [-0.3, -0.25) is 0 Å². The van der Waals surface area contributed by atoms with Gasteiger partial charge >= 0.3 is 6.03 Å². The first-order chi connectivity index (χ1) is 13.4. The molecule has 1 aliphatic rings. The van der Waals surface area contributed by atoms with Crippen molar-refractivity contribution in [1.82, 2.24) is 15.1 Å². The van der Waals surface area contributed by atoms with Gasteiger partial charge in [0, 0.05) is 26.2 Å². The fourth-order valence-electron chi connectivity index (χ4n) is 3.29. The van der Waals surface area contributed by atoms with E-state index in [0.717, 1.165) is 17.7 Å². The van der Waals surface area contributed by atoms with Crippen molar-refractivity contribution < 1.29 is 13.2 Å². The number of nitrogens with zero attached hydrogens (tertiary/aromatic N) is 2. The molecule has 6 nitrogen and oxygen atoms in total. The minimum absolute atomic E-state index is 0.182. The average Bonchev–Trinajstić information content (AvgIpc) is 3.19. The lowest BCUT2D eigenvalue weighted by molar-refractivity contribution is 0.186. The number of carbonyl (C=O) groups excluding carboxylic acids is 1. The predicted molar refractivity (Wildman–Crippen MR) is 113 cm³/mol. The second-order valence-electron chi connectivity index (χ2n) is 7.31. The maximum Gasteiger partial charge on any atom is 0.317 e. The number of carbonyl (C=O) groups is 1. The highest BCUT2D eigenvalue weighted by Gasteiger charge is 2.34. The Morgan fingerprint density at radius 1 is 1.25 bits per heavy atom. The fourth-order valence-corrected chi connectivity index (χ4v) is 6.49. The van der Waals surface area contributed by atoms with Gasteiger partial charge in [0.25, 0.3) is 0 Å². The van der Waals surface area contributed by atoms with Crippen LogP contribution in [0.3, 0.4) is 0 Å². The summed E-state index contributed by atoms with van der Waals surface area (Å²) < 4.78 is 26.7. The number of amides is 2. The monoisotopic (exact) mass is 421 g/mol. The Morgan fingerprint density at radius 3 is 2.71 bits per heavy atom. The summed E-state index contributed by atoms with van der Waals surface area (Å²) in [5.41, 5.74) is 1.92. The first-order valence-electron chi connectivity index (χ1n) is 9.43. The molecule has 152 valence electrons. The van der Waals surface area contributed by atoms with Crippen LogP contribution in [0.5, 0.6) is 0 Å². The Balaban J connectivity index is 1.68. The molecule has 28 heavy (non-hydrogen) atoms. The highest BCUT2D eigenvalue weighted by atomic mass is 32.2. The van der Waals surface area contributed by atoms with E-state index < -0.39 is 15.1 Å². The lowest BCUT2D eigenvalue weighted by Crippen LogP contribution is -2.49. The summed E-state index contributed by atoms with van der Waals surface area (Å²) in [5, 5.41) is 4.21. The van der Waals surface area contributed by atoms with Gasteiger partial charge in [-0.1, -0.05) is 30.3 Å². The molecular formula is C20H27N3O3S2. The molecule has 0 saturated carbocycles. The van der Waals surface area contributed by atoms with Crippen molar-refractivity contribution in [3.8, 4) is 11.1 Å². The molecule has 8 heteroatoms. The van der Waals surface area contributed by atoms with Crippen molar-refractivity contribution in [2.45, 2.75) is 22.3 Å². The maximum atomic E-state index is 13.1. The number of piperidine rings is 1. The second kappa shape index (κ2) is 9.07. The summed E-state index contributed by atoms with van der Waals surface area (Å²) in [5.74, 6) is 0. The van der Waals surface area contributed by atoms with E-state index in [-0.39, 0.29) is 12.6 Å². The van der Waals surface area contributed by atoms with Gasteiger partial charge in [0.2, 0.25) is 0 Å². The summed E-state index contributed by atoms with van der Waals surface area (Å²) in [6.45, 7) is 2.14. The van der Waals surface area contributed by atoms with E-state index in [1.807, 2.05) is 54.7 Å². The van der Waals surface area contributed by atoms with Gasteiger partial charge in [0.1, 0.15) is 4.21 Å². The topological polar surface area (TPSA) is 69.7 Å². The van der Waals surface area contributed by atoms with Crippen LogP contribution in [0.25, 0.3) is 11.1 Å². The van der Waals surface area contributed by atoms with Crippen LogP contribution in [0.15, 0.2) is 46.0 Å². The van der Waals surface area contributed by atoms with Crippen LogP contribution >= 0.6 is 11.3 Å². The smallest absolute Gasteiger partial charge is 0.317 e. The van der Waals surface area contributed by atoms with Gasteiger partial charge < -0.3 is 15.1 Å². The molecule has 2 aromatic rings. The Hall–Kier alpha value is -1.90. The Bertz CT molecular complexity index is 894. The van der Waals surface area contributed by atoms with E-state index in [9.17, 15) is 13.2 Å². The number of likely N-dealkylation sites (N-methyl/N-ethyl adjacent to an activating group) is 1. The standard InChI is InChI=1S/C20H27N3O3S2/c1-22(2)12-10-21-20(24)23-11-6-9-18(14-23)28(25,26)19-13-17(15-27-19)16-7-4-3-5-8-16/h3-5,7-8,13,15,18H,6,9-12,14H2,1-2H3,(H,21,24). The molecule has 0 radical (unpaired) electrons. The average molecular weight is 422 g/mol. The molecule has 1 fully saturated rings. The molecule has 1 aromatic carbocycles. The van der Waals surface area contributed by atoms with Crippen molar-refractivity contribution in [3.63, 3.8) is 0 Å². The van der Waals surface area contributed by atoms with Crippen LogP contribution in [-0.4, -0.2) is 69.8 Å². The normalized spacial score (nSPS) is 17.7. The van der Waals surface area contributed by atoms with Crippen molar-refractivity contribution in [2.75, 3.05) is 40.3 Å². The minimum Gasteiger partial charge on any atom is -0.337 e. The van der Waals surface area contributed by atoms with Gasteiger partial charge in [0.05, 0.1) is 5.25 Å². The summed E-state index contributed by atoms with van der Waals surface area (Å²) in [6.07, 6.45) is 1.28. The third-order valence-corrected chi connectivity index (χ3v) is 8.55. The highest BCUT2D eigenvalue weighted by Crippen LogP contribution is 2.32. The zero-order valence-corrected chi connectivity index (χ0v) is 17.9. The quantitative estimate of drug-likeness (QED) is 0.779. The maximum absolute atomic E-state index is 13.1. The van der Waals surface area contributed by atoms with Crippen LogP contribution < -0.4 is 5.32 Å². The van der Waals surface area contributed by atoms with Crippen molar-refractivity contribution in [2.24, 2.45) is 0 Å². The van der Waals surface area contributed by atoms with Crippen molar-refractivity contribution >= 4 is 27.2 Å². The molecule has 1 aromatic heterocycles. The molecular weight excluding hydrogens is 394 g/mol. The first kappa shape index (κ1) is 20.8. The number of thiophene rings is 1. The molecule has 0 bridgehead atoms. The summed E-state index contributed by atoms with van der Waals surface area (Å²) in [7, 11) is 0.429. The SMILES string of the molecule is CN(C)CCNC(=O)N1CCCC(S(=O)(=O)c2cc(-c3ccccc3)cs2)C1. The molecule has 2 heterocycles. The number of sulfone groups is 1. The Morgan fingerprint density at radius 2 is 2.00 bits per heavy atom. The van der Waals surface area contributed by atoms with Crippen LogP contribution in [-0.2, 0) is 9.84 Å². The van der Waals surface area contributed by atoms with Gasteiger partial charge in [0.15, 0.2) is 9.84 Å². The van der Waals surface area contributed by atoms with Gasteiger partial charge in [-0.2, -0.15) is 0 Å².